The maximum Gasteiger partial charge on any atom is 0.309 e. The number of hydrogen-bond acceptors (Lipinski definition) is 8. The van der Waals surface area contributed by atoms with Crippen LogP contribution >= 0.6 is 11.6 Å². The Bertz CT molecular complexity index is 1490. The molecule has 10 nitrogen and oxygen atoms in total. The summed E-state index contributed by atoms with van der Waals surface area (Å²) >= 11 is 6.35. The van der Waals surface area contributed by atoms with Crippen LogP contribution in [0.15, 0.2) is 54.6 Å². The highest BCUT2D eigenvalue weighted by molar-refractivity contribution is 6.30. The number of nitrogens with one attached hydrogen (secondary N) is 1. The van der Waals surface area contributed by atoms with Gasteiger partial charge in [-0.15, -0.1) is 0 Å². The normalized spacial score (nSPS) is 18.9. The fourth-order valence-electron chi connectivity index (χ4n) is 6.30. The Morgan fingerprint density at radius 2 is 1.61 bits per heavy atom. The van der Waals surface area contributed by atoms with E-state index in [4.69, 9.17) is 35.3 Å². The van der Waals surface area contributed by atoms with E-state index >= 15 is 0 Å². The number of fused-ring (bicyclic) bond motifs is 1. The number of aliphatic carboxylic acids is 1. The highest BCUT2D eigenvalue weighted by atomic mass is 35.5. The van der Waals surface area contributed by atoms with E-state index in [1.807, 2.05) is 73.3 Å². The van der Waals surface area contributed by atoms with Crippen molar-refractivity contribution in [2.24, 2.45) is 5.92 Å². The van der Waals surface area contributed by atoms with Gasteiger partial charge in [0.15, 0.2) is 11.5 Å². The summed E-state index contributed by atoms with van der Waals surface area (Å²) < 4.78 is 27.4. The molecular formula is C35H41ClN2O8. The van der Waals surface area contributed by atoms with Crippen LogP contribution in [-0.4, -0.2) is 75.3 Å². The number of nitrogens with zero attached hydrogens (tertiary/aromatic N) is 1. The van der Waals surface area contributed by atoms with Crippen LogP contribution in [0.3, 0.4) is 0 Å². The summed E-state index contributed by atoms with van der Waals surface area (Å²) in [7, 11) is 1.62. The van der Waals surface area contributed by atoms with Crippen molar-refractivity contribution in [2.75, 3.05) is 58.7 Å². The minimum Gasteiger partial charge on any atom is -0.491 e. The molecule has 5 rings (SSSR count). The van der Waals surface area contributed by atoms with Gasteiger partial charge in [-0.1, -0.05) is 43.6 Å². The predicted octanol–water partition coefficient (Wildman–Crippen LogP) is 5.72. The Kier molecular flexibility index (Phi) is 11.4. The summed E-state index contributed by atoms with van der Waals surface area (Å²) in [6.07, 6.45) is 1.41. The van der Waals surface area contributed by atoms with Crippen LogP contribution in [0.25, 0.3) is 0 Å². The SMILES string of the molecule is CCc1cc(Cl)cc(CC)c1NC(=O)CN1C[C@H](c2ccc3c(c2)OCO3)C(C(=O)O)[C@@H]1c1ccc(OCCOCCOC)cc1. The molecule has 2 aliphatic rings. The first-order chi connectivity index (χ1) is 22.3. The van der Waals surface area contributed by atoms with Crippen LogP contribution < -0.4 is 19.5 Å². The first-order valence-electron chi connectivity index (χ1n) is 15.6. The van der Waals surface area contributed by atoms with Crippen LogP contribution in [0.5, 0.6) is 17.2 Å². The molecule has 1 amide bonds. The molecule has 0 spiro atoms. The number of carboxylic acids is 1. The fraction of sp³-hybridized carbons (Fsp3) is 0.429. The lowest BCUT2D eigenvalue weighted by Gasteiger charge is -2.27. The number of anilines is 1. The van der Waals surface area contributed by atoms with Gasteiger partial charge in [0.1, 0.15) is 12.4 Å². The lowest BCUT2D eigenvalue weighted by atomic mass is 9.82. The van der Waals surface area contributed by atoms with E-state index in [9.17, 15) is 14.7 Å². The highest BCUT2D eigenvalue weighted by Gasteiger charge is 2.48. The molecule has 11 heteroatoms. The monoisotopic (exact) mass is 652 g/mol. The number of benzene rings is 3. The molecule has 0 radical (unpaired) electrons. The Balaban J connectivity index is 1.41. The number of hydrogen-bond donors (Lipinski definition) is 2. The first kappa shape index (κ1) is 33.5. The van der Waals surface area contributed by atoms with Crippen LogP contribution in [0, 0.1) is 5.92 Å². The summed E-state index contributed by atoms with van der Waals surface area (Å²) in [5, 5.41) is 14.4. The van der Waals surface area contributed by atoms with Gasteiger partial charge < -0.3 is 34.1 Å². The van der Waals surface area contributed by atoms with Crippen molar-refractivity contribution in [1.29, 1.82) is 0 Å². The van der Waals surface area contributed by atoms with Crippen LogP contribution in [0.4, 0.5) is 5.69 Å². The summed E-state index contributed by atoms with van der Waals surface area (Å²) in [6.45, 7) is 6.31. The average Bonchev–Trinajstić information content (AvgIpc) is 3.68. The molecule has 246 valence electrons. The van der Waals surface area contributed by atoms with E-state index < -0.39 is 23.8 Å². The van der Waals surface area contributed by atoms with Gasteiger partial charge in [-0.2, -0.15) is 0 Å². The van der Waals surface area contributed by atoms with Gasteiger partial charge in [-0.05, 0) is 71.5 Å². The van der Waals surface area contributed by atoms with Crippen molar-refractivity contribution in [1.82, 2.24) is 4.90 Å². The van der Waals surface area contributed by atoms with E-state index in [1.165, 1.54) is 0 Å². The molecule has 2 heterocycles. The van der Waals surface area contributed by atoms with E-state index in [-0.39, 0.29) is 19.2 Å². The Hall–Kier alpha value is -3.83. The molecule has 1 unspecified atom stereocenters. The van der Waals surface area contributed by atoms with Gasteiger partial charge in [0.2, 0.25) is 12.7 Å². The molecule has 0 aliphatic carbocycles. The molecule has 0 saturated carbocycles. The second kappa shape index (κ2) is 15.6. The second-order valence-electron chi connectivity index (χ2n) is 11.3. The minimum atomic E-state index is -0.941. The van der Waals surface area contributed by atoms with Crippen LogP contribution in [-0.2, 0) is 31.9 Å². The van der Waals surface area contributed by atoms with Gasteiger partial charge in [0.25, 0.3) is 0 Å². The maximum absolute atomic E-state index is 13.7. The summed E-state index contributed by atoms with van der Waals surface area (Å²) in [4.78, 5) is 28.6. The van der Waals surface area contributed by atoms with E-state index in [1.54, 1.807) is 7.11 Å². The standard InChI is InChI=1S/C35H41ClN2O8/c1-4-22-16-26(36)17-23(5-2)33(22)37-31(39)20-38-19-28(25-8-11-29-30(18-25)46-21-45-29)32(35(40)41)34(38)24-6-9-27(10-7-24)44-15-14-43-13-12-42-3/h6-11,16-18,28,32,34H,4-5,12-15,19-21H2,1-3H3,(H,37,39)(H,40,41)/t28-,32?,34+/m1/s1. The smallest absolute Gasteiger partial charge is 0.309 e. The second-order valence-corrected chi connectivity index (χ2v) is 11.8. The largest absolute Gasteiger partial charge is 0.491 e. The number of carbonyl (C=O) groups excluding carboxylic acids is 1. The van der Waals surface area contributed by atoms with E-state index in [0.29, 0.717) is 68.1 Å². The van der Waals surface area contributed by atoms with Crippen molar-refractivity contribution in [3.63, 3.8) is 0 Å². The molecule has 0 bridgehead atoms. The number of halogens is 1. The molecule has 2 aliphatic heterocycles. The molecule has 3 aromatic carbocycles. The third-order valence-electron chi connectivity index (χ3n) is 8.50. The molecule has 1 saturated heterocycles. The Morgan fingerprint density at radius 3 is 2.28 bits per heavy atom. The average molecular weight is 653 g/mol. The minimum absolute atomic E-state index is 0.00149. The van der Waals surface area contributed by atoms with Crippen molar-refractivity contribution in [3.8, 4) is 17.2 Å². The number of rotatable bonds is 15. The molecular weight excluding hydrogens is 612 g/mol. The number of methoxy groups -OCH3 is 1. The number of carbonyl (C=O) groups is 2. The van der Waals surface area contributed by atoms with Gasteiger partial charge >= 0.3 is 5.97 Å². The van der Waals surface area contributed by atoms with Gasteiger partial charge in [-0.3, -0.25) is 14.5 Å². The lowest BCUT2D eigenvalue weighted by molar-refractivity contribution is -0.143. The number of carboxylic acid groups (broad SMARTS) is 1. The molecule has 3 atom stereocenters. The Morgan fingerprint density at radius 1 is 0.935 bits per heavy atom. The van der Waals surface area contributed by atoms with E-state index in [0.717, 1.165) is 27.9 Å². The fourth-order valence-corrected chi connectivity index (χ4v) is 6.57. The summed E-state index contributed by atoms with van der Waals surface area (Å²) in [5.41, 5.74) is 4.28. The van der Waals surface area contributed by atoms with Crippen molar-refractivity contribution >= 4 is 29.2 Å². The third-order valence-corrected chi connectivity index (χ3v) is 8.72. The van der Waals surface area contributed by atoms with Crippen molar-refractivity contribution in [3.05, 3.63) is 81.9 Å². The zero-order chi connectivity index (χ0) is 32.6. The van der Waals surface area contributed by atoms with Crippen molar-refractivity contribution in [2.45, 2.75) is 38.6 Å². The maximum atomic E-state index is 13.7. The zero-order valence-electron chi connectivity index (χ0n) is 26.4. The van der Waals surface area contributed by atoms with E-state index in [2.05, 4.69) is 5.32 Å². The molecule has 1 fully saturated rings. The molecule has 46 heavy (non-hydrogen) atoms. The number of amides is 1. The third kappa shape index (κ3) is 7.75. The van der Waals surface area contributed by atoms with Crippen molar-refractivity contribution < 1.29 is 38.4 Å². The zero-order valence-corrected chi connectivity index (χ0v) is 27.2. The van der Waals surface area contributed by atoms with Crippen LogP contribution in [0.1, 0.15) is 48.1 Å². The predicted molar refractivity (Wildman–Crippen MR) is 174 cm³/mol. The quantitative estimate of drug-likeness (QED) is 0.199. The number of ether oxygens (including phenoxy) is 5. The molecule has 0 aromatic heterocycles. The first-order valence-corrected chi connectivity index (χ1v) is 16.0. The van der Waals surface area contributed by atoms with Gasteiger partial charge in [0.05, 0.1) is 32.3 Å². The van der Waals surface area contributed by atoms with Crippen LogP contribution in [0.2, 0.25) is 5.02 Å². The number of aryl methyl sites for hydroxylation is 2. The number of likely N-dealkylation sites (tertiary alicyclic amines) is 1. The summed E-state index contributed by atoms with van der Waals surface area (Å²) in [5.74, 6) is -0.544. The highest BCUT2D eigenvalue weighted by Crippen LogP contribution is 2.48. The molecule has 2 N–H and O–H groups in total. The topological polar surface area (TPSA) is 116 Å². The van der Waals surface area contributed by atoms with Gasteiger partial charge in [-0.25, -0.2) is 0 Å². The summed E-state index contributed by atoms with van der Waals surface area (Å²) in [6, 6.07) is 16.1. The van der Waals surface area contributed by atoms with Gasteiger partial charge in [0, 0.05) is 36.3 Å². The lowest BCUT2D eigenvalue weighted by Crippen LogP contribution is -2.35. The Labute approximate surface area is 274 Å². The molecule has 3 aromatic rings.